The molecule has 28 heavy (non-hydrogen) atoms. The van der Waals surface area contributed by atoms with Gasteiger partial charge in [-0.1, -0.05) is 0 Å². The first-order valence-electron chi connectivity index (χ1n) is 10.2. The van der Waals surface area contributed by atoms with Crippen LogP contribution in [0, 0.1) is 0 Å². The Hall–Kier alpha value is -1.99. The minimum absolute atomic E-state index is 0.288. The highest BCUT2D eigenvalue weighted by atomic mass is 16.5. The molecule has 1 aromatic carbocycles. The van der Waals surface area contributed by atoms with Crippen LogP contribution >= 0.6 is 0 Å². The molecule has 7 nitrogen and oxygen atoms in total. The number of hydrogen-bond donors (Lipinski definition) is 2. The third kappa shape index (κ3) is 7.94. The Morgan fingerprint density at radius 2 is 2.14 bits per heavy atom. The maximum absolute atomic E-state index is 5.68. The first kappa shape index (κ1) is 22.3. The number of nitrogens with zero attached hydrogens (tertiary/aromatic N) is 1. The Kier molecular flexibility index (Phi) is 10.5. The van der Waals surface area contributed by atoms with Crippen LogP contribution < -0.4 is 20.1 Å². The Balaban J connectivity index is 1.70. The second kappa shape index (κ2) is 13.2. The highest BCUT2D eigenvalue weighted by Gasteiger charge is 2.14. The van der Waals surface area contributed by atoms with Crippen molar-refractivity contribution in [2.24, 2.45) is 4.99 Å². The van der Waals surface area contributed by atoms with Crippen molar-refractivity contribution in [3.05, 3.63) is 23.8 Å². The van der Waals surface area contributed by atoms with Crippen LogP contribution in [0.25, 0.3) is 0 Å². The molecule has 158 valence electrons. The molecule has 1 heterocycles. The van der Waals surface area contributed by atoms with Gasteiger partial charge >= 0.3 is 0 Å². The number of benzene rings is 1. The molecule has 2 N–H and O–H groups in total. The van der Waals surface area contributed by atoms with E-state index < -0.39 is 0 Å². The van der Waals surface area contributed by atoms with Gasteiger partial charge in [-0.3, -0.25) is 4.99 Å². The molecule has 1 saturated heterocycles. The van der Waals surface area contributed by atoms with E-state index in [1.54, 1.807) is 14.2 Å². The summed E-state index contributed by atoms with van der Waals surface area (Å²) in [6.07, 6.45) is 4.26. The van der Waals surface area contributed by atoms with Gasteiger partial charge in [-0.25, -0.2) is 0 Å². The maximum atomic E-state index is 5.68. The van der Waals surface area contributed by atoms with Crippen molar-refractivity contribution < 1.29 is 18.9 Å². The number of aliphatic imine (C=N–C) groups is 1. The number of rotatable bonds is 12. The van der Waals surface area contributed by atoms with E-state index in [2.05, 4.69) is 22.5 Å². The van der Waals surface area contributed by atoms with Gasteiger partial charge in [0.2, 0.25) is 0 Å². The first-order valence-corrected chi connectivity index (χ1v) is 10.2. The van der Waals surface area contributed by atoms with E-state index in [0.717, 1.165) is 74.9 Å². The molecule has 7 heteroatoms. The normalized spacial score (nSPS) is 16.8. The molecule has 0 aromatic heterocycles. The fourth-order valence-corrected chi connectivity index (χ4v) is 3.08. The summed E-state index contributed by atoms with van der Waals surface area (Å²) in [7, 11) is 3.36. The predicted octanol–water partition coefficient (Wildman–Crippen LogP) is 2.39. The van der Waals surface area contributed by atoms with E-state index in [0.29, 0.717) is 13.2 Å². The van der Waals surface area contributed by atoms with Crippen LogP contribution in [-0.4, -0.2) is 65.7 Å². The molecular weight excluding hydrogens is 358 g/mol. The zero-order valence-corrected chi connectivity index (χ0v) is 17.5. The summed E-state index contributed by atoms with van der Waals surface area (Å²) in [6, 6.07) is 5.85. The van der Waals surface area contributed by atoms with Gasteiger partial charge in [-0.15, -0.1) is 0 Å². The van der Waals surface area contributed by atoms with Crippen molar-refractivity contribution in [3.63, 3.8) is 0 Å². The van der Waals surface area contributed by atoms with E-state index in [1.165, 1.54) is 0 Å². The van der Waals surface area contributed by atoms with Crippen LogP contribution in [0.5, 0.6) is 11.5 Å². The second-order valence-electron chi connectivity index (χ2n) is 6.68. The van der Waals surface area contributed by atoms with Gasteiger partial charge in [0, 0.05) is 32.8 Å². The molecule has 0 saturated carbocycles. The van der Waals surface area contributed by atoms with Crippen molar-refractivity contribution in [2.45, 2.75) is 38.7 Å². The third-order valence-corrected chi connectivity index (χ3v) is 4.56. The molecule has 0 bridgehead atoms. The van der Waals surface area contributed by atoms with Crippen molar-refractivity contribution in [1.29, 1.82) is 0 Å². The average molecular weight is 394 g/mol. The molecule has 0 radical (unpaired) electrons. The van der Waals surface area contributed by atoms with E-state index >= 15 is 0 Å². The minimum atomic E-state index is 0.288. The molecular formula is C21H35N3O4. The van der Waals surface area contributed by atoms with Crippen LogP contribution in [0.2, 0.25) is 0 Å². The number of guanidine groups is 1. The summed E-state index contributed by atoms with van der Waals surface area (Å²) in [5, 5.41) is 6.65. The van der Waals surface area contributed by atoms with Crippen LogP contribution in [0.15, 0.2) is 23.2 Å². The van der Waals surface area contributed by atoms with Gasteiger partial charge in [0.25, 0.3) is 0 Å². The second-order valence-corrected chi connectivity index (χ2v) is 6.68. The molecule has 1 aliphatic rings. The zero-order valence-electron chi connectivity index (χ0n) is 17.5. The van der Waals surface area contributed by atoms with Gasteiger partial charge in [0.15, 0.2) is 5.96 Å². The first-order chi connectivity index (χ1) is 13.8. The van der Waals surface area contributed by atoms with Gasteiger partial charge in [-0.05, 0) is 56.4 Å². The van der Waals surface area contributed by atoms with Crippen molar-refractivity contribution in [3.8, 4) is 11.5 Å². The van der Waals surface area contributed by atoms with E-state index in [-0.39, 0.29) is 6.10 Å². The summed E-state index contributed by atoms with van der Waals surface area (Å²) < 4.78 is 22.0. The molecule has 1 unspecified atom stereocenters. The quantitative estimate of drug-likeness (QED) is 0.323. The highest BCUT2D eigenvalue weighted by Crippen LogP contribution is 2.24. The SMILES string of the molecule is CCNC(=NCCCOCC1CCCO1)NCCc1cc(OC)ccc1OC. The number of nitrogens with one attached hydrogen (secondary N) is 2. The van der Waals surface area contributed by atoms with Gasteiger partial charge in [0.05, 0.1) is 26.9 Å². The largest absolute Gasteiger partial charge is 0.497 e. The Bertz CT molecular complexity index is 589. The molecule has 0 amide bonds. The summed E-state index contributed by atoms with van der Waals surface area (Å²) in [5.41, 5.74) is 1.10. The third-order valence-electron chi connectivity index (χ3n) is 4.56. The van der Waals surface area contributed by atoms with Gasteiger partial charge in [0.1, 0.15) is 11.5 Å². The average Bonchev–Trinajstić information content (AvgIpc) is 3.23. The van der Waals surface area contributed by atoms with Crippen LogP contribution in [0.4, 0.5) is 0 Å². The lowest BCUT2D eigenvalue weighted by molar-refractivity contribution is 0.0171. The van der Waals surface area contributed by atoms with Crippen LogP contribution in [-0.2, 0) is 15.9 Å². The summed E-state index contributed by atoms with van der Waals surface area (Å²) in [4.78, 5) is 4.62. The molecule has 2 rings (SSSR count). The standard InChI is InChI=1S/C21H35N3O4/c1-4-22-21(23-11-6-13-27-16-19-7-5-14-28-19)24-12-10-17-15-18(25-2)8-9-20(17)26-3/h8-9,15,19H,4-7,10-14,16H2,1-3H3,(H2,22,23,24). The van der Waals surface area contributed by atoms with Crippen molar-refractivity contribution in [1.82, 2.24) is 10.6 Å². The topological polar surface area (TPSA) is 73.3 Å². The summed E-state index contributed by atoms with van der Waals surface area (Å²) in [5.74, 6) is 2.52. The molecule has 1 aliphatic heterocycles. The Morgan fingerprint density at radius 1 is 1.25 bits per heavy atom. The maximum Gasteiger partial charge on any atom is 0.191 e. The van der Waals surface area contributed by atoms with Gasteiger partial charge in [-0.2, -0.15) is 0 Å². The summed E-state index contributed by atoms with van der Waals surface area (Å²) in [6.45, 7) is 6.65. The molecule has 1 atom stereocenters. The fourth-order valence-electron chi connectivity index (χ4n) is 3.08. The smallest absolute Gasteiger partial charge is 0.191 e. The highest BCUT2D eigenvalue weighted by molar-refractivity contribution is 5.79. The summed E-state index contributed by atoms with van der Waals surface area (Å²) >= 11 is 0. The van der Waals surface area contributed by atoms with E-state index in [9.17, 15) is 0 Å². The molecule has 0 spiro atoms. The number of ether oxygens (including phenoxy) is 4. The lowest BCUT2D eigenvalue weighted by Crippen LogP contribution is -2.38. The van der Waals surface area contributed by atoms with Gasteiger partial charge < -0.3 is 29.6 Å². The monoisotopic (exact) mass is 393 g/mol. The minimum Gasteiger partial charge on any atom is -0.497 e. The zero-order chi connectivity index (χ0) is 20.0. The number of hydrogen-bond acceptors (Lipinski definition) is 5. The van der Waals surface area contributed by atoms with E-state index in [1.807, 2.05) is 18.2 Å². The van der Waals surface area contributed by atoms with Crippen LogP contribution in [0.3, 0.4) is 0 Å². The van der Waals surface area contributed by atoms with Crippen molar-refractivity contribution in [2.75, 3.05) is 53.7 Å². The molecule has 1 fully saturated rings. The molecule has 0 aliphatic carbocycles. The molecule has 1 aromatic rings. The lowest BCUT2D eigenvalue weighted by Gasteiger charge is -2.14. The fraction of sp³-hybridized carbons (Fsp3) is 0.667. The predicted molar refractivity (Wildman–Crippen MR) is 112 cm³/mol. The Morgan fingerprint density at radius 3 is 2.86 bits per heavy atom. The van der Waals surface area contributed by atoms with E-state index in [4.69, 9.17) is 18.9 Å². The lowest BCUT2D eigenvalue weighted by atomic mass is 10.1. The number of methoxy groups -OCH3 is 2. The van der Waals surface area contributed by atoms with Crippen molar-refractivity contribution >= 4 is 5.96 Å². The Labute approximate surface area is 168 Å². The van der Waals surface area contributed by atoms with Crippen LogP contribution in [0.1, 0.15) is 31.7 Å².